The fraction of sp³-hybridized carbons (Fsp3) is 0.538. The fourth-order valence-electron chi connectivity index (χ4n) is 1.32. The highest BCUT2D eigenvalue weighted by Gasteiger charge is 2.13. The van der Waals surface area contributed by atoms with Gasteiger partial charge in [-0.05, 0) is 31.9 Å². The van der Waals surface area contributed by atoms with Crippen LogP contribution in [0.5, 0.6) is 0 Å². The van der Waals surface area contributed by atoms with Crippen molar-refractivity contribution in [3.63, 3.8) is 0 Å². The summed E-state index contributed by atoms with van der Waals surface area (Å²) in [7, 11) is 0. The average molecular weight is 235 g/mol. The van der Waals surface area contributed by atoms with E-state index < -0.39 is 0 Å². The summed E-state index contributed by atoms with van der Waals surface area (Å²) in [6, 6.07) is 3.77. The smallest absolute Gasteiger partial charge is 0.270 e. The molecular formula is C13H21N3O. The maximum atomic E-state index is 11.9. The number of hydrogen-bond acceptors (Lipinski definition) is 3. The van der Waals surface area contributed by atoms with E-state index in [1.807, 2.05) is 19.9 Å². The molecule has 0 bridgehead atoms. The largest absolute Gasteiger partial charge is 0.385 e. The van der Waals surface area contributed by atoms with Crippen LogP contribution in [0.3, 0.4) is 0 Å². The standard InChI is InChI=1S/C13H21N3O/c1-5-14-11-6-7-15-12(8-11)13(17)16-10(4)9(2)3/h6-10H,5H2,1-4H3,(H,14,15)(H,16,17). The minimum Gasteiger partial charge on any atom is -0.385 e. The van der Waals surface area contributed by atoms with E-state index >= 15 is 0 Å². The maximum absolute atomic E-state index is 11.9. The highest BCUT2D eigenvalue weighted by Crippen LogP contribution is 2.08. The summed E-state index contributed by atoms with van der Waals surface area (Å²) in [5.74, 6) is 0.293. The van der Waals surface area contributed by atoms with Crippen molar-refractivity contribution in [2.45, 2.75) is 33.7 Å². The summed E-state index contributed by atoms with van der Waals surface area (Å²) in [6.45, 7) is 8.99. The van der Waals surface area contributed by atoms with Gasteiger partial charge in [0.25, 0.3) is 5.91 Å². The molecule has 0 saturated carbocycles. The van der Waals surface area contributed by atoms with Crippen molar-refractivity contribution in [2.75, 3.05) is 11.9 Å². The molecule has 1 heterocycles. The third kappa shape index (κ3) is 4.06. The molecular weight excluding hydrogens is 214 g/mol. The average Bonchev–Trinajstić information content (AvgIpc) is 2.29. The fourth-order valence-corrected chi connectivity index (χ4v) is 1.32. The summed E-state index contributed by atoms with van der Waals surface area (Å²) >= 11 is 0. The van der Waals surface area contributed by atoms with Crippen LogP contribution in [-0.2, 0) is 0 Å². The van der Waals surface area contributed by atoms with Crippen LogP contribution in [0.2, 0.25) is 0 Å². The van der Waals surface area contributed by atoms with E-state index in [0.717, 1.165) is 12.2 Å². The number of rotatable bonds is 5. The van der Waals surface area contributed by atoms with Gasteiger partial charge in [0.1, 0.15) is 5.69 Å². The lowest BCUT2D eigenvalue weighted by atomic mass is 10.1. The first-order chi connectivity index (χ1) is 8.04. The Morgan fingerprint density at radius 3 is 2.71 bits per heavy atom. The molecule has 94 valence electrons. The summed E-state index contributed by atoms with van der Waals surface area (Å²) in [5.41, 5.74) is 1.38. The molecule has 0 aliphatic carbocycles. The van der Waals surface area contributed by atoms with Crippen molar-refractivity contribution in [3.05, 3.63) is 24.0 Å². The lowest BCUT2D eigenvalue weighted by Crippen LogP contribution is -2.36. The number of pyridine rings is 1. The molecule has 2 N–H and O–H groups in total. The predicted molar refractivity (Wildman–Crippen MR) is 70.2 cm³/mol. The van der Waals surface area contributed by atoms with Crippen molar-refractivity contribution < 1.29 is 4.79 Å². The normalized spacial score (nSPS) is 12.3. The molecule has 0 radical (unpaired) electrons. The molecule has 0 aliphatic heterocycles. The number of nitrogens with one attached hydrogen (secondary N) is 2. The highest BCUT2D eigenvalue weighted by atomic mass is 16.1. The van der Waals surface area contributed by atoms with Crippen molar-refractivity contribution in [2.24, 2.45) is 5.92 Å². The molecule has 4 heteroatoms. The van der Waals surface area contributed by atoms with E-state index in [0.29, 0.717) is 11.6 Å². The van der Waals surface area contributed by atoms with E-state index in [4.69, 9.17) is 0 Å². The van der Waals surface area contributed by atoms with Crippen LogP contribution >= 0.6 is 0 Å². The van der Waals surface area contributed by atoms with Crippen LogP contribution in [0, 0.1) is 5.92 Å². The quantitative estimate of drug-likeness (QED) is 0.823. The van der Waals surface area contributed by atoms with Crippen LogP contribution in [0.1, 0.15) is 38.2 Å². The van der Waals surface area contributed by atoms with Gasteiger partial charge < -0.3 is 10.6 Å². The van der Waals surface area contributed by atoms with Crippen LogP contribution < -0.4 is 10.6 Å². The number of nitrogens with zero attached hydrogens (tertiary/aromatic N) is 1. The van der Waals surface area contributed by atoms with Gasteiger partial charge in [-0.1, -0.05) is 13.8 Å². The van der Waals surface area contributed by atoms with Gasteiger partial charge in [0.2, 0.25) is 0 Å². The van der Waals surface area contributed by atoms with E-state index in [-0.39, 0.29) is 11.9 Å². The first kappa shape index (κ1) is 13.5. The zero-order valence-electron chi connectivity index (χ0n) is 10.9. The molecule has 0 saturated heterocycles. The van der Waals surface area contributed by atoms with E-state index in [1.54, 1.807) is 12.3 Å². The Labute approximate surface area is 103 Å². The Kier molecular flexibility index (Phi) is 4.94. The Morgan fingerprint density at radius 1 is 1.41 bits per heavy atom. The molecule has 4 nitrogen and oxygen atoms in total. The molecule has 1 unspecified atom stereocenters. The highest BCUT2D eigenvalue weighted by molar-refractivity contribution is 5.93. The second-order valence-electron chi connectivity index (χ2n) is 4.47. The zero-order chi connectivity index (χ0) is 12.8. The predicted octanol–water partition coefficient (Wildman–Crippen LogP) is 2.29. The van der Waals surface area contributed by atoms with Gasteiger partial charge in [0, 0.05) is 24.5 Å². The molecule has 0 spiro atoms. The lowest BCUT2D eigenvalue weighted by Gasteiger charge is -2.17. The lowest BCUT2D eigenvalue weighted by molar-refractivity contribution is 0.0925. The molecule has 1 rings (SSSR count). The topological polar surface area (TPSA) is 54.0 Å². The van der Waals surface area contributed by atoms with Crippen LogP contribution in [-0.4, -0.2) is 23.5 Å². The van der Waals surface area contributed by atoms with Crippen LogP contribution in [0.4, 0.5) is 5.69 Å². The van der Waals surface area contributed by atoms with Crippen LogP contribution in [0.15, 0.2) is 18.3 Å². The second-order valence-corrected chi connectivity index (χ2v) is 4.47. The third-order valence-corrected chi connectivity index (χ3v) is 2.73. The van der Waals surface area contributed by atoms with Gasteiger partial charge in [-0.3, -0.25) is 9.78 Å². The molecule has 17 heavy (non-hydrogen) atoms. The van der Waals surface area contributed by atoms with E-state index in [2.05, 4.69) is 29.5 Å². The summed E-state index contributed by atoms with van der Waals surface area (Å²) < 4.78 is 0. The summed E-state index contributed by atoms with van der Waals surface area (Å²) in [4.78, 5) is 16.0. The molecule has 1 aromatic heterocycles. The second kappa shape index (κ2) is 6.23. The first-order valence-corrected chi connectivity index (χ1v) is 6.05. The number of aromatic nitrogens is 1. The van der Waals surface area contributed by atoms with Crippen molar-refractivity contribution in [1.82, 2.24) is 10.3 Å². The van der Waals surface area contributed by atoms with Gasteiger partial charge >= 0.3 is 0 Å². The minimum absolute atomic E-state index is 0.119. The molecule has 0 fully saturated rings. The first-order valence-electron chi connectivity index (χ1n) is 6.05. The van der Waals surface area contributed by atoms with Gasteiger partial charge in [-0.15, -0.1) is 0 Å². The Bertz CT molecular complexity index is 377. The molecule has 0 aliphatic rings. The Morgan fingerprint density at radius 2 is 2.12 bits per heavy atom. The van der Waals surface area contributed by atoms with Gasteiger partial charge in [0.05, 0.1) is 0 Å². The molecule has 0 aromatic carbocycles. The van der Waals surface area contributed by atoms with Gasteiger partial charge in [-0.25, -0.2) is 0 Å². The maximum Gasteiger partial charge on any atom is 0.270 e. The van der Waals surface area contributed by atoms with Gasteiger partial charge in [0.15, 0.2) is 0 Å². The number of carbonyl (C=O) groups is 1. The Hall–Kier alpha value is -1.58. The molecule has 1 atom stereocenters. The van der Waals surface area contributed by atoms with E-state index in [1.165, 1.54) is 0 Å². The van der Waals surface area contributed by atoms with Crippen molar-refractivity contribution >= 4 is 11.6 Å². The molecule has 1 amide bonds. The third-order valence-electron chi connectivity index (χ3n) is 2.73. The van der Waals surface area contributed by atoms with E-state index in [9.17, 15) is 4.79 Å². The van der Waals surface area contributed by atoms with Crippen molar-refractivity contribution in [1.29, 1.82) is 0 Å². The Balaban J connectivity index is 2.71. The zero-order valence-corrected chi connectivity index (χ0v) is 10.9. The minimum atomic E-state index is -0.119. The van der Waals surface area contributed by atoms with Crippen LogP contribution in [0.25, 0.3) is 0 Å². The number of carbonyl (C=O) groups excluding carboxylic acids is 1. The number of anilines is 1. The number of amides is 1. The van der Waals surface area contributed by atoms with Gasteiger partial charge in [-0.2, -0.15) is 0 Å². The summed E-state index contributed by atoms with van der Waals surface area (Å²) in [5, 5.41) is 6.09. The monoisotopic (exact) mass is 235 g/mol. The number of hydrogen-bond donors (Lipinski definition) is 2. The summed E-state index contributed by atoms with van der Waals surface area (Å²) in [6.07, 6.45) is 1.65. The SMILES string of the molecule is CCNc1ccnc(C(=O)NC(C)C(C)C)c1. The van der Waals surface area contributed by atoms with Crippen molar-refractivity contribution in [3.8, 4) is 0 Å². The molecule has 1 aromatic rings.